The third kappa shape index (κ3) is 4.10. The monoisotopic (exact) mass is 577 g/mol. The van der Waals surface area contributed by atoms with Gasteiger partial charge in [-0.05, 0) is 48.2 Å². The van der Waals surface area contributed by atoms with E-state index < -0.39 is 41.8 Å². The molecule has 7 rings (SSSR count). The van der Waals surface area contributed by atoms with Gasteiger partial charge in [0.05, 0.1) is 18.6 Å². The number of amides is 3. The molecule has 0 radical (unpaired) electrons. The summed E-state index contributed by atoms with van der Waals surface area (Å²) in [6.45, 7) is -0.504. The lowest BCUT2D eigenvalue weighted by atomic mass is 9.79. The third-order valence-electron chi connectivity index (χ3n) is 8.39. The Hall–Kier alpha value is -3.93. The SMILES string of the molecule is O=C(CN1C(=O)[C@]2(CCOC[C@H]2F)O[C@H]1c1cccc(Cl)c1)Nc1cc2c(cn1)C[C@]1(C2)C(=O)Nc2ncccc21. The first kappa shape index (κ1) is 26.0. The number of pyridine rings is 2. The standard InChI is InChI=1S/C29H25ClFN5O5/c30-19-4-1-3-16(9-19)25-36(27(39)29(41-25)6-8-40-15-21(29)31)14-23(37)34-22-10-17-11-28(12-18(17)13-33-22)20-5-2-7-32-24(20)35-26(28)38/h1-5,7,9-10,13,21,25H,6,8,11-12,14-15H2,(H,32,35,38)(H,33,34,37)/t21-,25+,28+,29-/m1/s1. The number of hydrogen-bond donors (Lipinski definition) is 2. The fraction of sp³-hybridized carbons (Fsp3) is 0.345. The van der Waals surface area contributed by atoms with E-state index in [1.54, 1.807) is 42.7 Å². The van der Waals surface area contributed by atoms with Crippen molar-refractivity contribution in [2.24, 2.45) is 0 Å². The van der Waals surface area contributed by atoms with Crippen LogP contribution < -0.4 is 10.6 Å². The van der Waals surface area contributed by atoms with Crippen molar-refractivity contribution in [1.82, 2.24) is 14.9 Å². The zero-order chi connectivity index (χ0) is 28.4. The van der Waals surface area contributed by atoms with Crippen molar-refractivity contribution >= 4 is 41.0 Å². The highest BCUT2D eigenvalue weighted by molar-refractivity contribution is 6.30. The highest BCUT2D eigenvalue weighted by Crippen LogP contribution is 2.47. The molecule has 2 fully saturated rings. The van der Waals surface area contributed by atoms with Crippen molar-refractivity contribution in [3.05, 3.63) is 82.1 Å². The Balaban J connectivity index is 1.12. The number of carbonyl (C=O) groups is 3. The van der Waals surface area contributed by atoms with Gasteiger partial charge in [0.25, 0.3) is 5.91 Å². The number of nitrogens with one attached hydrogen (secondary N) is 2. The summed E-state index contributed by atoms with van der Waals surface area (Å²) in [6.07, 6.45) is 1.55. The molecule has 3 aliphatic heterocycles. The second kappa shape index (κ2) is 9.57. The first-order valence-electron chi connectivity index (χ1n) is 13.3. The summed E-state index contributed by atoms with van der Waals surface area (Å²) < 4.78 is 26.4. The highest BCUT2D eigenvalue weighted by Gasteiger charge is 2.60. The molecule has 0 unspecified atom stereocenters. The number of aromatic nitrogens is 2. The molecule has 2 spiro atoms. The van der Waals surface area contributed by atoms with E-state index in [0.29, 0.717) is 29.2 Å². The van der Waals surface area contributed by atoms with Crippen LogP contribution in [-0.2, 0) is 42.1 Å². The van der Waals surface area contributed by atoms with Crippen LogP contribution in [-0.4, -0.2) is 64.1 Å². The van der Waals surface area contributed by atoms with Gasteiger partial charge in [0, 0.05) is 35.0 Å². The number of halogens is 2. The number of fused-ring (bicyclic) bond motifs is 3. The lowest BCUT2D eigenvalue weighted by molar-refractivity contribution is -0.166. The molecule has 3 amide bonds. The second-order valence-corrected chi connectivity index (χ2v) is 11.3. The lowest BCUT2D eigenvalue weighted by Crippen LogP contribution is -2.54. The first-order valence-corrected chi connectivity index (χ1v) is 13.7. The average molecular weight is 578 g/mol. The molecule has 1 aromatic carbocycles. The fourth-order valence-electron chi connectivity index (χ4n) is 6.36. The Morgan fingerprint density at radius 2 is 2.02 bits per heavy atom. The van der Waals surface area contributed by atoms with Gasteiger partial charge in [-0.2, -0.15) is 0 Å². The van der Waals surface area contributed by atoms with Crippen molar-refractivity contribution in [1.29, 1.82) is 0 Å². The van der Waals surface area contributed by atoms with Crippen LogP contribution in [0.25, 0.3) is 0 Å². The zero-order valence-corrected chi connectivity index (χ0v) is 22.5. The van der Waals surface area contributed by atoms with E-state index in [1.165, 1.54) is 4.90 Å². The van der Waals surface area contributed by atoms with Gasteiger partial charge >= 0.3 is 0 Å². The predicted octanol–water partition coefficient (Wildman–Crippen LogP) is 3.11. The van der Waals surface area contributed by atoms with Crippen LogP contribution in [0.5, 0.6) is 0 Å². The minimum Gasteiger partial charge on any atom is -0.378 e. The number of carbonyl (C=O) groups excluding carboxylic acids is 3. The van der Waals surface area contributed by atoms with Crippen molar-refractivity contribution in [3.8, 4) is 0 Å². The summed E-state index contributed by atoms with van der Waals surface area (Å²) in [6, 6.07) is 12.2. The quantitative estimate of drug-likeness (QED) is 0.488. The van der Waals surface area contributed by atoms with Crippen LogP contribution in [0.2, 0.25) is 5.02 Å². The maximum absolute atomic E-state index is 15.1. The number of nitrogens with zero attached hydrogens (tertiary/aromatic N) is 3. The Morgan fingerprint density at radius 3 is 2.85 bits per heavy atom. The Bertz CT molecular complexity index is 1610. The minimum absolute atomic E-state index is 0.0303. The molecule has 1 aliphatic carbocycles. The van der Waals surface area contributed by atoms with Crippen LogP contribution in [0.15, 0.2) is 54.9 Å². The molecule has 4 aliphatic rings. The summed E-state index contributed by atoms with van der Waals surface area (Å²) >= 11 is 6.19. The summed E-state index contributed by atoms with van der Waals surface area (Å²) in [5.74, 6) is -0.401. The number of anilines is 2. The fourth-order valence-corrected chi connectivity index (χ4v) is 6.56. The lowest BCUT2D eigenvalue weighted by Gasteiger charge is -2.33. The Kier molecular flexibility index (Phi) is 6.07. The molecule has 0 bridgehead atoms. The minimum atomic E-state index is -1.74. The Morgan fingerprint density at radius 1 is 1.17 bits per heavy atom. The number of ether oxygens (including phenoxy) is 2. The molecule has 5 heterocycles. The van der Waals surface area contributed by atoms with Gasteiger partial charge in [-0.15, -0.1) is 0 Å². The van der Waals surface area contributed by atoms with Gasteiger partial charge in [-0.25, -0.2) is 14.4 Å². The molecule has 2 N–H and O–H groups in total. The van der Waals surface area contributed by atoms with Crippen LogP contribution in [0, 0.1) is 0 Å². The van der Waals surface area contributed by atoms with Gasteiger partial charge < -0.3 is 25.0 Å². The molecular formula is C29H25ClFN5O5. The van der Waals surface area contributed by atoms with E-state index >= 15 is 4.39 Å². The van der Waals surface area contributed by atoms with Gasteiger partial charge in [0.15, 0.2) is 18.0 Å². The number of hydrogen-bond acceptors (Lipinski definition) is 7. The highest BCUT2D eigenvalue weighted by atomic mass is 35.5. The van der Waals surface area contributed by atoms with Gasteiger partial charge in [0.1, 0.15) is 18.2 Å². The smallest absolute Gasteiger partial charge is 0.260 e. The number of benzene rings is 1. The molecule has 10 nitrogen and oxygen atoms in total. The summed E-state index contributed by atoms with van der Waals surface area (Å²) in [4.78, 5) is 49.8. The van der Waals surface area contributed by atoms with Crippen LogP contribution in [0.3, 0.4) is 0 Å². The molecule has 41 heavy (non-hydrogen) atoms. The van der Waals surface area contributed by atoms with E-state index in [-0.39, 0.29) is 31.4 Å². The van der Waals surface area contributed by atoms with Gasteiger partial charge in [-0.3, -0.25) is 14.4 Å². The van der Waals surface area contributed by atoms with Crippen LogP contribution in [0.4, 0.5) is 16.0 Å². The molecule has 2 saturated heterocycles. The molecular weight excluding hydrogens is 553 g/mol. The molecule has 2 aromatic heterocycles. The molecule has 12 heteroatoms. The van der Waals surface area contributed by atoms with Crippen molar-refractivity contribution in [3.63, 3.8) is 0 Å². The van der Waals surface area contributed by atoms with E-state index in [2.05, 4.69) is 20.6 Å². The molecule has 4 atom stereocenters. The van der Waals surface area contributed by atoms with E-state index in [0.717, 1.165) is 16.7 Å². The maximum atomic E-state index is 15.1. The maximum Gasteiger partial charge on any atom is 0.260 e. The predicted molar refractivity (Wildman–Crippen MR) is 145 cm³/mol. The van der Waals surface area contributed by atoms with E-state index in [9.17, 15) is 14.4 Å². The van der Waals surface area contributed by atoms with Crippen molar-refractivity contribution < 1.29 is 28.2 Å². The third-order valence-corrected chi connectivity index (χ3v) is 8.62. The van der Waals surface area contributed by atoms with Gasteiger partial charge in [-0.1, -0.05) is 29.8 Å². The van der Waals surface area contributed by atoms with Crippen LogP contribution in [0.1, 0.15) is 34.9 Å². The summed E-state index contributed by atoms with van der Waals surface area (Å²) in [5.41, 5.74) is 0.675. The number of alkyl halides is 1. The molecule has 3 aromatic rings. The second-order valence-electron chi connectivity index (χ2n) is 10.8. The van der Waals surface area contributed by atoms with Gasteiger partial charge in [0.2, 0.25) is 11.8 Å². The first-order chi connectivity index (χ1) is 19.8. The van der Waals surface area contributed by atoms with Crippen molar-refractivity contribution in [2.75, 3.05) is 30.4 Å². The molecule has 210 valence electrons. The number of rotatable bonds is 4. The zero-order valence-electron chi connectivity index (χ0n) is 21.7. The van der Waals surface area contributed by atoms with E-state index in [1.807, 2.05) is 12.1 Å². The summed E-state index contributed by atoms with van der Waals surface area (Å²) in [7, 11) is 0. The van der Waals surface area contributed by atoms with Crippen LogP contribution >= 0.6 is 11.6 Å². The largest absolute Gasteiger partial charge is 0.378 e. The van der Waals surface area contributed by atoms with Crippen molar-refractivity contribution in [2.45, 2.75) is 42.7 Å². The normalized spacial score (nSPS) is 28.2. The van der Waals surface area contributed by atoms with E-state index in [4.69, 9.17) is 21.1 Å². The summed E-state index contributed by atoms with van der Waals surface area (Å²) in [5, 5.41) is 6.05. The Labute approximate surface area is 239 Å². The molecule has 0 saturated carbocycles. The average Bonchev–Trinajstić information content (AvgIpc) is 3.57. The topological polar surface area (TPSA) is 123 Å².